The quantitative estimate of drug-likeness (QED) is 0.119. The Balaban J connectivity index is 0.910. The monoisotopic (exact) mass is 1260 g/mol. The standard InChI is InChI=1S/C85H56B2F3N5S/c88-85(89,90)60-45-49-66(50-46-60)95-77-56-81-73(55-72(77)86-70-38-20-23-41-75(70)93(63-33-15-5-16-34-63)78-51-67(52-79(95)83(78)86)91(61-29-11-3-12-30-61)62-31-13-4-14-32-62)87-71-39-21-24-42-76(71)94(64-35-17-6-18-36-64)80-53-68(54-82(96-81)84(80)87)92(65-47-43-58(44-48-65)57-25-7-1-8-26-57)74-40-22-19-37-69(74)59-27-9-2-10-28-59/h1-56H. The van der Waals surface area contributed by atoms with Crippen molar-refractivity contribution in [2.45, 2.75) is 16.0 Å². The van der Waals surface area contributed by atoms with Gasteiger partial charge in [0.15, 0.2) is 0 Å². The first kappa shape index (κ1) is 57.0. The van der Waals surface area contributed by atoms with Crippen LogP contribution in [0.3, 0.4) is 0 Å². The van der Waals surface area contributed by atoms with Crippen LogP contribution in [0, 0.1) is 0 Å². The zero-order chi connectivity index (χ0) is 64.0. The largest absolute Gasteiger partial charge is 0.416 e. The third-order valence-corrected chi connectivity index (χ3v) is 20.4. The van der Waals surface area contributed by atoms with Gasteiger partial charge in [0.25, 0.3) is 6.71 Å². The summed E-state index contributed by atoms with van der Waals surface area (Å²) in [5.41, 5.74) is 24.9. The van der Waals surface area contributed by atoms with Crippen LogP contribution in [0.2, 0.25) is 0 Å². The van der Waals surface area contributed by atoms with E-state index in [1.165, 1.54) is 28.5 Å². The summed E-state index contributed by atoms with van der Waals surface area (Å²) < 4.78 is 44.6. The number of anilines is 15. The Kier molecular flexibility index (Phi) is 13.7. The number of rotatable bonds is 11. The molecule has 454 valence electrons. The molecule has 0 unspecified atom stereocenters. The van der Waals surface area contributed by atoms with Crippen molar-refractivity contribution in [2.75, 3.05) is 24.5 Å². The van der Waals surface area contributed by atoms with Gasteiger partial charge >= 0.3 is 6.18 Å². The van der Waals surface area contributed by atoms with Crippen molar-refractivity contribution < 1.29 is 13.2 Å². The van der Waals surface area contributed by atoms with Crippen molar-refractivity contribution in [1.82, 2.24) is 0 Å². The molecule has 4 heterocycles. The van der Waals surface area contributed by atoms with Crippen LogP contribution in [-0.2, 0) is 6.18 Å². The molecule has 0 saturated heterocycles. The molecule has 0 atom stereocenters. The zero-order valence-electron chi connectivity index (χ0n) is 51.8. The van der Waals surface area contributed by atoms with Gasteiger partial charge in [-0.2, -0.15) is 13.2 Å². The molecule has 4 aliphatic heterocycles. The van der Waals surface area contributed by atoms with Crippen molar-refractivity contribution in [3.63, 3.8) is 0 Å². The van der Waals surface area contributed by atoms with Gasteiger partial charge in [0.1, 0.15) is 0 Å². The van der Waals surface area contributed by atoms with Gasteiger partial charge in [-0.3, -0.25) is 0 Å². The summed E-state index contributed by atoms with van der Waals surface area (Å²) in [5.74, 6) is 0. The van der Waals surface area contributed by atoms with Crippen LogP contribution in [0.1, 0.15) is 5.56 Å². The van der Waals surface area contributed by atoms with E-state index in [2.05, 4.69) is 322 Å². The van der Waals surface area contributed by atoms with Gasteiger partial charge in [0, 0.05) is 89.3 Å². The minimum Gasteiger partial charge on any atom is -0.311 e. The second-order valence-electron chi connectivity index (χ2n) is 24.7. The number of halogens is 3. The van der Waals surface area contributed by atoms with Gasteiger partial charge in [-0.15, -0.1) is 0 Å². The molecule has 0 aromatic heterocycles. The molecule has 0 aliphatic carbocycles. The third kappa shape index (κ3) is 9.51. The Morgan fingerprint density at radius 1 is 0.281 bits per heavy atom. The summed E-state index contributed by atoms with van der Waals surface area (Å²) in [5, 5.41) is 0. The molecule has 0 amide bonds. The highest BCUT2D eigenvalue weighted by molar-refractivity contribution is 8.00. The van der Waals surface area contributed by atoms with Crippen LogP contribution in [0.15, 0.2) is 350 Å². The van der Waals surface area contributed by atoms with Gasteiger partial charge < -0.3 is 24.5 Å². The number of hydrogen-bond donors (Lipinski definition) is 0. The molecule has 0 fully saturated rings. The number of benzene rings is 14. The van der Waals surface area contributed by atoms with E-state index >= 15 is 0 Å². The SMILES string of the molecule is FC(F)(F)c1ccc(N2c3cc4c(cc3B3c5ccccc5N(c5ccccc5)c5cc(N(c6ccccc6)c6ccccc6)cc2c53)B2c3ccccc3N(c3ccccc3)c3cc(N(c5ccc(-c6ccccc6)cc5)c5ccccc5-c5ccccc5)cc(c32)S4)cc1. The van der Waals surface area contributed by atoms with Gasteiger partial charge in [-0.25, -0.2) is 0 Å². The van der Waals surface area contributed by atoms with E-state index in [0.717, 1.165) is 128 Å². The summed E-state index contributed by atoms with van der Waals surface area (Å²) >= 11 is 1.77. The van der Waals surface area contributed by atoms with Crippen molar-refractivity contribution >= 4 is 143 Å². The number of alkyl halides is 3. The van der Waals surface area contributed by atoms with Crippen LogP contribution >= 0.6 is 11.8 Å². The van der Waals surface area contributed by atoms with Crippen LogP contribution in [0.4, 0.5) is 98.5 Å². The summed E-state index contributed by atoms with van der Waals surface area (Å²) in [7, 11) is 0. The fraction of sp³-hybridized carbons (Fsp3) is 0.0118. The summed E-state index contributed by atoms with van der Waals surface area (Å²) in [4.78, 5) is 13.9. The molecular formula is C85H56B2F3N5S. The van der Waals surface area contributed by atoms with Crippen molar-refractivity contribution in [3.8, 4) is 22.3 Å². The highest BCUT2D eigenvalue weighted by atomic mass is 32.2. The zero-order valence-corrected chi connectivity index (χ0v) is 52.6. The Morgan fingerprint density at radius 3 is 1.27 bits per heavy atom. The van der Waals surface area contributed by atoms with Gasteiger partial charge in [0.05, 0.1) is 16.9 Å². The first-order valence-corrected chi connectivity index (χ1v) is 33.2. The van der Waals surface area contributed by atoms with Crippen LogP contribution in [0.5, 0.6) is 0 Å². The maximum atomic E-state index is 14.9. The summed E-state index contributed by atoms with van der Waals surface area (Å²) in [6.45, 7) is -0.544. The van der Waals surface area contributed by atoms with E-state index in [4.69, 9.17) is 0 Å². The molecule has 0 N–H and O–H groups in total. The van der Waals surface area contributed by atoms with E-state index in [0.29, 0.717) is 5.69 Å². The second-order valence-corrected chi connectivity index (χ2v) is 25.8. The predicted octanol–water partition coefficient (Wildman–Crippen LogP) is 19.8. The molecule has 5 nitrogen and oxygen atoms in total. The molecule has 14 aromatic rings. The average Bonchev–Trinajstić information content (AvgIpc) is 0.691. The fourth-order valence-electron chi connectivity index (χ4n) is 15.1. The predicted molar refractivity (Wildman–Crippen MR) is 396 cm³/mol. The highest BCUT2D eigenvalue weighted by Crippen LogP contribution is 2.52. The maximum absolute atomic E-state index is 14.9. The minimum absolute atomic E-state index is 0.232. The maximum Gasteiger partial charge on any atom is 0.416 e. The third-order valence-electron chi connectivity index (χ3n) is 19.2. The van der Waals surface area contributed by atoms with Crippen molar-refractivity contribution in [3.05, 3.63) is 345 Å². The molecule has 18 rings (SSSR count). The first-order chi connectivity index (χ1) is 47.3. The smallest absolute Gasteiger partial charge is 0.311 e. The normalized spacial score (nSPS) is 13.0. The molecule has 96 heavy (non-hydrogen) atoms. The van der Waals surface area contributed by atoms with Crippen LogP contribution < -0.4 is 57.3 Å². The fourth-order valence-corrected chi connectivity index (χ4v) is 16.4. The van der Waals surface area contributed by atoms with E-state index in [9.17, 15) is 13.2 Å². The van der Waals surface area contributed by atoms with Gasteiger partial charge in [-0.1, -0.05) is 223 Å². The number of hydrogen-bond acceptors (Lipinski definition) is 6. The molecular weight excluding hydrogens is 1200 g/mol. The summed E-state index contributed by atoms with van der Waals surface area (Å²) in [6.07, 6.45) is -4.55. The molecule has 0 saturated carbocycles. The molecule has 4 aliphatic rings. The summed E-state index contributed by atoms with van der Waals surface area (Å²) in [6, 6.07) is 118. The lowest BCUT2D eigenvalue weighted by Crippen LogP contribution is -2.64. The lowest BCUT2D eigenvalue weighted by Gasteiger charge is -2.46. The van der Waals surface area contributed by atoms with E-state index < -0.39 is 11.7 Å². The molecule has 0 radical (unpaired) electrons. The average molecular weight is 1260 g/mol. The lowest BCUT2D eigenvalue weighted by molar-refractivity contribution is -0.137. The van der Waals surface area contributed by atoms with E-state index in [1.807, 2.05) is 18.2 Å². The van der Waals surface area contributed by atoms with Gasteiger partial charge in [-0.05, 0) is 177 Å². The first-order valence-electron chi connectivity index (χ1n) is 32.4. The number of para-hydroxylation sites is 7. The van der Waals surface area contributed by atoms with Crippen LogP contribution in [-0.4, -0.2) is 13.4 Å². The topological polar surface area (TPSA) is 16.2 Å². The van der Waals surface area contributed by atoms with Crippen molar-refractivity contribution in [1.29, 1.82) is 0 Å². The lowest BCUT2D eigenvalue weighted by atomic mass is 9.31. The van der Waals surface area contributed by atoms with Gasteiger partial charge in [0.2, 0.25) is 6.71 Å². The minimum atomic E-state index is -4.55. The Morgan fingerprint density at radius 2 is 0.708 bits per heavy atom. The van der Waals surface area contributed by atoms with Crippen molar-refractivity contribution in [2.24, 2.45) is 0 Å². The number of fused-ring (bicyclic) bond motifs is 8. The molecule has 14 aromatic carbocycles. The van der Waals surface area contributed by atoms with E-state index in [-0.39, 0.29) is 13.4 Å². The Hall–Kier alpha value is -11.7. The van der Waals surface area contributed by atoms with E-state index in [1.54, 1.807) is 23.9 Å². The Labute approximate surface area is 561 Å². The highest BCUT2D eigenvalue weighted by Gasteiger charge is 2.48. The van der Waals surface area contributed by atoms with Crippen LogP contribution in [0.25, 0.3) is 22.3 Å². The second kappa shape index (κ2) is 23.1. The molecule has 11 heteroatoms. The Bertz CT molecular complexity index is 5250. The molecule has 0 spiro atoms. The number of nitrogens with zero attached hydrogens (tertiary/aromatic N) is 5. The molecule has 0 bridgehead atoms.